The van der Waals surface area contributed by atoms with Crippen LogP contribution in [-0.4, -0.2) is 28.1 Å². The molecule has 1 aliphatic heterocycles. The van der Waals surface area contributed by atoms with Crippen LogP contribution in [0.1, 0.15) is 34.5 Å². The second kappa shape index (κ2) is 7.31. The summed E-state index contributed by atoms with van der Waals surface area (Å²) >= 11 is 0. The third kappa shape index (κ3) is 3.41. The molecular formula is C22H22N4O2. The molecule has 28 heavy (non-hydrogen) atoms. The summed E-state index contributed by atoms with van der Waals surface area (Å²) in [5, 5.41) is 7.28. The van der Waals surface area contributed by atoms with Gasteiger partial charge in [0.05, 0.1) is 23.1 Å². The summed E-state index contributed by atoms with van der Waals surface area (Å²) in [5.74, 6) is -0.0580. The summed E-state index contributed by atoms with van der Waals surface area (Å²) in [6.45, 7) is 4.66. The summed E-state index contributed by atoms with van der Waals surface area (Å²) in [5.41, 5.74) is 4.92. The highest BCUT2D eigenvalue weighted by molar-refractivity contribution is 6.05. The normalized spacial score (nSPS) is 13.8. The Morgan fingerprint density at radius 1 is 1.07 bits per heavy atom. The molecule has 1 fully saturated rings. The number of anilines is 2. The van der Waals surface area contributed by atoms with Crippen molar-refractivity contribution in [3.63, 3.8) is 0 Å². The van der Waals surface area contributed by atoms with Crippen LogP contribution in [0.25, 0.3) is 5.69 Å². The van der Waals surface area contributed by atoms with Crippen molar-refractivity contribution in [3.8, 4) is 5.69 Å². The minimum absolute atomic E-state index is 0.149. The van der Waals surface area contributed by atoms with Crippen LogP contribution < -0.4 is 10.2 Å². The van der Waals surface area contributed by atoms with Crippen LogP contribution in [-0.2, 0) is 4.79 Å². The van der Waals surface area contributed by atoms with Gasteiger partial charge in [-0.05, 0) is 62.2 Å². The van der Waals surface area contributed by atoms with Gasteiger partial charge in [-0.3, -0.25) is 9.59 Å². The summed E-state index contributed by atoms with van der Waals surface area (Å²) in [6.07, 6.45) is 3.08. The largest absolute Gasteiger partial charge is 0.322 e. The van der Waals surface area contributed by atoms with Crippen LogP contribution in [0, 0.1) is 13.8 Å². The van der Waals surface area contributed by atoms with Gasteiger partial charge < -0.3 is 10.2 Å². The van der Waals surface area contributed by atoms with Crippen molar-refractivity contribution in [2.75, 3.05) is 16.8 Å². The first-order chi connectivity index (χ1) is 13.5. The van der Waals surface area contributed by atoms with Crippen molar-refractivity contribution in [2.45, 2.75) is 26.7 Å². The third-order valence-corrected chi connectivity index (χ3v) is 5.01. The number of nitrogens with one attached hydrogen (secondary N) is 1. The average molecular weight is 374 g/mol. The Morgan fingerprint density at radius 2 is 1.86 bits per heavy atom. The molecule has 0 saturated carbocycles. The van der Waals surface area contributed by atoms with Crippen LogP contribution in [0.5, 0.6) is 0 Å². The molecule has 4 rings (SSSR count). The van der Waals surface area contributed by atoms with Crippen LogP contribution in [0.2, 0.25) is 0 Å². The van der Waals surface area contributed by atoms with Crippen molar-refractivity contribution in [1.82, 2.24) is 9.78 Å². The van der Waals surface area contributed by atoms with E-state index in [4.69, 9.17) is 0 Å². The number of rotatable bonds is 4. The molecule has 142 valence electrons. The highest BCUT2D eigenvalue weighted by atomic mass is 16.2. The predicted molar refractivity (Wildman–Crippen MR) is 109 cm³/mol. The zero-order chi connectivity index (χ0) is 19.7. The molecule has 0 aliphatic carbocycles. The first kappa shape index (κ1) is 18.0. The lowest BCUT2D eigenvalue weighted by atomic mass is 10.2. The molecule has 1 saturated heterocycles. The minimum Gasteiger partial charge on any atom is -0.322 e. The van der Waals surface area contributed by atoms with E-state index in [1.165, 1.54) is 0 Å². The van der Waals surface area contributed by atoms with Crippen molar-refractivity contribution >= 4 is 23.2 Å². The van der Waals surface area contributed by atoms with Gasteiger partial charge >= 0.3 is 0 Å². The lowest BCUT2D eigenvalue weighted by Crippen LogP contribution is -2.23. The fourth-order valence-corrected chi connectivity index (χ4v) is 3.50. The van der Waals surface area contributed by atoms with Gasteiger partial charge in [-0.15, -0.1) is 0 Å². The number of amides is 2. The van der Waals surface area contributed by atoms with Crippen molar-refractivity contribution in [2.24, 2.45) is 0 Å². The smallest absolute Gasteiger partial charge is 0.259 e. The molecular weight excluding hydrogens is 352 g/mol. The Labute approximate surface area is 163 Å². The fraction of sp³-hybridized carbons (Fsp3) is 0.227. The van der Waals surface area contributed by atoms with Gasteiger partial charge in [0, 0.05) is 24.3 Å². The molecule has 0 spiro atoms. The summed E-state index contributed by atoms with van der Waals surface area (Å²) in [6, 6.07) is 15.3. The van der Waals surface area contributed by atoms with Crippen molar-refractivity contribution in [3.05, 3.63) is 71.5 Å². The molecule has 6 nitrogen and oxygen atoms in total. The molecule has 2 aromatic carbocycles. The lowest BCUT2D eigenvalue weighted by molar-refractivity contribution is -0.117. The van der Waals surface area contributed by atoms with E-state index in [0.717, 1.165) is 35.6 Å². The van der Waals surface area contributed by atoms with Crippen LogP contribution >= 0.6 is 0 Å². The van der Waals surface area contributed by atoms with E-state index in [1.54, 1.807) is 15.8 Å². The Hall–Kier alpha value is -3.41. The van der Waals surface area contributed by atoms with Gasteiger partial charge in [0.15, 0.2) is 0 Å². The van der Waals surface area contributed by atoms with E-state index in [2.05, 4.69) is 10.4 Å². The molecule has 3 aromatic rings. The van der Waals surface area contributed by atoms with Crippen molar-refractivity contribution < 1.29 is 9.59 Å². The maximum atomic E-state index is 12.7. The van der Waals surface area contributed by atoms with Crippen LogP contribution in [0.4, 0.5) is 11.4 Å². The van der Waals surface area contributed by atoms with Crippen LogP contribution in [0.15, 0.2) is 54.7 Å². The third-order valence-electron chi connectivity index (χ3n) is 5.01. The molecule has 1 aliphatic rings. The number of hydrogen-bond donors (Lipinski definition) is 1. The number of hydrogen-bond acceptors (Lipinski definition) is 3. The first-order valence-electron chi connectivity index (χ1n) is 9.36. The van der Waals surface area contributed by atoms with Gasteiger partial charge in [-0.1, -0.05) is 12.1 Å². The van der Waals surface area contributed by atoms with E-state index in [-0.39, 0.29) is 11.8 Å². The Bertz CT molecular complexity index is 1040. The highest BCUT2D eigenvalue weighted by Gasteiger charge is 2.21. The molecule has 0 unspecified atom stereocenters. The molecule has 2 heterocycles. The number of aromatic nitrogens is 2. The molecule has 0 bridgehead atoms. The molecule has 2 amide bonds. The van der Waals surface area contributed by atoms with Crippen molar-refractivity contribution in [1.29, 1.82) is 0 Å². The molecule has 6 heteroatoms. The SMILES string of the molecule is Cc1cccc(-n2ncc(C(=O)Nc3ccc(N4CCCC4=O)cc3)c2C)c1. The molecule has 1 aromatic heterocycles. The quantitative estimate of drug-likeness (QED) is 0.754. The number of nitrogens with zero attached hydrogens (tertiary/aromatic N) is 3. The van der Waals surface area contributed by atoms with E-state index in [1.807, 2.05) is 62.4 Å². The number of carbonyl (C=O) groups is 2. The Kier molecular flexibility index (Phi) is 4.69. The monoisotopic (exact) mass is 374 g/mol. The molecule has 0 radical (unpaired) electrons. The van der Waals surface area contributed by atoms with Gasteiger partial charge in [-0.2, -0.15) is 5.10 Å². The number of benzene rings is 2. The van der Waals surface area contributed by atoms with E-state index in [9.17, 15) is 9.59 Å². The topological polar surface area (TPSA) is 67.2 Å². The van der Waals surface area contributed by atoms with Gasteiger partial charge in [0.2, 0.25) is 5.91 Å². The summed E-state index contributed by atoms with van der Waals surface area (Å²) in [7, 11) is 0. The zero-order valence-corrected chi connectivity index (χ0v) is 16.0. The Morgan fingerprint density at radius 3 is 2.54 bits per heavy atom. The standard InChI is InChI=1S/C22H22N4O2/c1-15-5-3-6-19(13-15)26-16(2)20(14-23-26)22(28)24-17-8-10-18(11-9-17)25-12-4-7-21(25)27/h3,5-6,8-11,13-14H,4,7,12H2,1-2H3,(H,24,28). The predicted octanol–water partition coefficient (Wildman–Crippen LogP) is 3.87. The molecule has 1 N–H and O–H groups in total. The van der Waals surface area contributed by atoms with Gasteiger partial charge in [-0.25, -0.2) is 4.68 Å². The molecule has 0 atom stereocenters. The van der Waals surface area contributed by atoms with E-state index >= 15 is 0 Å². The van der Waals surface area contributed by atoms with Crippen LogP contribution in [0.3, 0.4) is 0 Å². The lowest BCUT2D eigenvalue weighted by Gasteiger charge is -2.16. The van der Waals surface area contributed by atoms with Gasteiger partial charge in [0.1, 0.15) is 0 Å². The summed E-state index contributed by atoms with van der Waals surface area (Å²) < 4.78 is 1.77. The number of aryl methyl sites for hydroxylation is 1. The summed E-state index contributed by atoms with van der Waals surface area (Å²) in [4.78, 5) is 26.3. The first-order valence-corrected chi connectivity index (χ1v) is 9.36. The maximum absolute atomic E-state index is 12.7. The number of carbonyl (C=O) groups excluding carboxylic acids is 2. The fourth-order valence-electron chi connectivity index (χ4n) is 3.50. The minimum atomic E-state index is -0.207. The second-order valence-electron chi connectivity index (χ2n) is 7.04. The maximum Gasteiger partial charge on any atom is 0.259 e. The average Bonchev–Trinajstić information content (AvgIpc) is 3.28. The van der Waals surface area contributed by atoms with E-state index in [0.29, 0.717) is 17.7 Å². The van der Waals surface area contributed by atoms with E-state index < -0.39 is 0 Å². The Balaban J connectivity index is 1.50. The van der Waals surface area contributed by atoms with Gasteiger partial charge in [0.25, 0.3) is 5.91 Å². The zero-order valence-electron chi connectivity index (χ0n) is 16.0. The highest BCUT2D eigenvalue weighted by Crippen LogP contribution is 2.23. The second-order valence-corrected chi connectivity index (χ2v) is 7.04.